The van der Waals surface area contributed by atoms with Crippen molar-refractivity contribution < 1.29 is 13.2 Å². The van der Waals surface area contributed by atoms with E-state index in [0.717, 1.165) is 17.8 Å². The summed E-state index contributed by atoms with van der Waals surface area (Å²) in [4.78, 5) is 5.54. The standard InChI is InChI=1S/C13H13F3N2S2/c1-9-12(19-8-18-9)7-17-6-10-2-4-11(5-3-10)20-13(14,15)16/h2-5,8,17H,6-7H2,1H3. The summed E-state index contributed by atoms with van der Waals surface area (Å²) in [6, 6.07) is 6.40. The number of nitrogens with zero attached hydrogens (tertiary/aromatic N) is 1. The minimum absolute atomic E-state index is 0.0937. The molecule has 2 aromatic rings. The van der Waals surface area contributed by atoms with Crippen LogP contribution in [0.3, 0.4) is 0 Å². The first-order valence-corrected chi connectivity index (χ1v) is 7.58. The number of thioether (sulfide) groups is 1. The molecule has 108 valence electrons. The molecule has 0 spiro atoms. The van der Waals surface area contributed by atoms with E-state index in [1.807, 2.05) is 6.92 Å². The Morgan fingerprint density at radius 2 is 1.90 bits per heavy atom. The smallest absolute Gasteiger partial charge is 0.308 e. The fourth-order valence-electron chi connectivity index (χ4n) is 1.63. The predicted molar refractivity (Wildman–Crippen MR) is 75.7 cm³/mol. The minimum Gasteiger partial charge on any atom is -0.308 e. The number of aromatic nitrogens is 1. The molecule has 0 aliphatic heterocycles. The number of thiazole rings is 1. The molecule has 0 aliphatic carbocycles. The van der Waals surface area contributed by atoms with Gasteiger partial charge in [-0.25, -0.2) is 4.98 Å². The summed E-state index contributed by atoms with van der Waals surface area (Å²) in [5, 5.41) is 3.25. The second-order valence-corrected chi connectivity index (χ2v) is 6.23. The van der Waals surface area contributed by atoms with Crippen LogP contribution in [0.25, 0.3) is 0 Å². The van der Waals surface area contributed by atoms with Crippen LogP contribution < -0.4 is 5.32 Å². The maximum Gasteiger partial charge on any atom is 0.446 e. The lowest BCUT2D eigenvalue weighted by molar-refractivity contribution is -0.0328. The molecule has 1 N–H and O–H groups in total. The largest absolute Gasteiger partial charge is 0.446 e. The van der Waals surface area contributed by atoms with E-state index in [2.05, 4.69) is 10.3 Å². The lowest BCUT2D eigenvalue weighted by Crippen LogP contribution is -2.12. The van der Waals surface area contributed by atoms with Gasteiger partial charge in [0.2, 0.25) is 0 Å². The third-order valence-corrected chi connectivity index (χ3v) is 4.29. The molecule has 0 radical (unpaired) electrons. The molecular formula is C13H13F3N2S2. The first-order valence-electron chi connectivity index (χ1n) is 5.88. The molecule has 2 nitrogen and oxygen atoms in total. The molecule has 0 saturated heterocycles. The molecule has 1 aromatic heterocycles. The van der Waals surface area contributed by atoms with Crippen molar-refractivity contribution in [1.82, 2.24) is 10.3 Å². The lowest BCUT2D eigenvalue weighted by Gasteiger charge is -2.07. The van der Waals surface area contributed by atoms with Gasteiger partial charge in [-0.3, -0.25) is 0 Å². The van der Waals surface area contributed by atoms with Crippen LogP contribution in [0.15, 0.2) is 34.7 Å². The molecule has 0 fully saturated rings. The highest BCUT2D eigenvalue weighted by atomic mass is 32.2. The van der Waals surface area contributed by atoms with Crippen LogP contribution in [-0.2, 0) is 13.1 Å². The van der Waals surface area contributed by atoms with Gasteiger partial charge in [-0.15, -0.1) is 11.3 Å². The first-order chi connectivity index (χ1) is 9.44. The second kappa shape index (κ2) is 6.60. The van der Waals surface area contributed by atoms with Crippen LogP contribution in [0.5, 0.6) is 0 Å². The van der Waals surface area contributed by atoms with Crippen LogP contribution in [0.2, 0.25) is 0 Å². The Hall–Kier alpha value is -1.05. The Balaban J connectivity index is 1.83. The van der Waals surface area contributed by atoms with E-state index in [1.54, 1.807) is 29.0 Å². The van der Waals surface area contributed by atoms with Gasteiger partial charge in [0.05, 0.1) is 11.2 Å². The normalized spacial score (nSPS) is 11.8. The van der Waals surface area contributed by atoms with Gasteiger partial charge in [-0.2, -0.15) is 13.2 Å². The molecule has 20 heavy (non-hydrogen) atoms. The number of hydrogen-bond donors (Lipinski definition) is 1. The maximum absolute atomic E-state index is 12.2. The fraction of sp³-hybridized carbons (Fsp3) is 0.308. The van der Waals surface area contributed by atoms with E-state index in [4.69, 9.17) is 0 Å². The summed E-state index contributed by atoms with van der Waals surface area (Å²) in [7, 11) is 0. The van der Waals surface area contributed by atoms with Gasteiger partial charge in [0, 0.05) is 22.9 Å². The van der Waals surface area contributed by atoms with Crippen LogP contribution in [0, 0.1) is 6.92 Å². The number of benzene rings is 1. The van der Waals surface area contributed by atoms with Crippen LogP contribution in [-0.4, -0.2) is 10.5 Å². The summed E-state index contributed by atoms with van der Waals surface area (Å²) < 4.78 is 36.6. The zero-order valence-corrected chi connectivity index (χ0v) is 12.3. The van der Waals surface area contributed by atoms with E-state index in [1.165, 1.54) is 17.0 Å². The average Bonchev–Trinajstić information content (AvgIpc) is 2.76. The molecule has 0 amide bonds. The van der Waals surface area contributed by atoms with Crippen molar-refractivity contribution in [2.24, 2.45) is 0 Å². The second-order valence-electron chi connectivity index (χ2n) is 4.16. The zero-order valence-electron chi connectivity index (χ0n) is 10.7. The Morgan fingerprint density at radius 1 is 1.20 bits per heavy atom. The zero-order chi connectivity index (χ0) is 14.6. The van der Waals surface area contributed by atoms with E-state index in [0.29, 0.717) is 6.54 Å². The number of rotatable bonds is 5. The van der Waals surface area contributed by atoms with Crippen molar-refractivity contribution in [3.63, 3.8) is 0 Å². The molecule has 7 heteroatoms. The van der Waals surface area contributed by atoms with Crippen molar-refractivity contribution in [2.45, 2.75) is 30.4 Å². The molecule has 0 saturated carbocycles. The van der Waals surface area contributed by atoms with Gasteiger partial charge >= 0.3 is 5.51 Å². The highest BCUT2D eigenvalue weighted by Crippen LogP contribution is 2.36. The number of aryl methyl sites for hydroxylation is 1. The fourth-order valence-corrected chi connectivity index (χ4v) is 2.91. The lowest BCUT2D eigenvalue weighted by atomic mass is 10.2. The van der Waals surface area contributed by atoms with E-state index < -0.39 is 5.51 Å². The third kappa shape index (κ3) is 4.81. The van der Waals surface area contributed by atoms with E-state index >= 15 is 0 Å². The van der Waals surface area contributed by atoms with Crippen LogP contribution in [0.1, 0.15) is 16.1 Å². The molecule has 1 aromatic carbocycles. The van der Waals surface area contributed by atoms with Crippen molar-refractivity contribution in [1.29, 1.82) is 0 Å². The first kappa shape index (κ1) is 15.3. The predicted octanol–water partition coefficient (Wildman–Crippen LogP) is 4.35. The quantitative estimate of drug-likeness (QED) is 0.830. The average molecular weight is 318 g/mol. The summed E-state index contributed by atoms with van der Waals surface area (Å²) in [5.41, 5.74) is -0.461. The Labute approximate surface area is 123 Å². The number of hydrogen-bond acceptors (Lipinski definition) is 4. The van der Waals surface area contributed by atoms with Crippen molar-refractivity contribution >= 4 is 23.1 Å². The topological polar surface area (TPSA) is 24.9 Å². The summed E-state index contributed by atoms with van der Waals surface area (Å²) in [6.45, 7) is 3.29. The van der Waals surface area contributed by atoms with Crippen molar-refractivity contribution in [2.75, 3.05) is 0 Å². The van der Waals surface area contributed by atoms with E-state index in [9.17, 15) is 13.2 Å². The molecule has 0 unspecified atom stereocenters. The number of alkyl halides is 3. The van der Waals surface area contributed by atoms with E-state index in [-0.39, 0.29) is 16.7 Å². The van der Waals surface area contributed by atoms with Gasteiger partial charge in [0.15, 0.2) is 0 Å². The van der Waals surface area contributed by atoms with Gasteiger partial charge in [-0.05, 0) is 36.4 Å². The molecule has 0 aliphatic rings. The summed E-state index contributed by atoms with van der Waals surface area (Å²) in [6.07, 6.45) is 0. The Morgan fingerprint density at radius 3 is 2.45 bits per heavy atom. The highest BCUT2D eigenvalue weighted by Gasteiger charge is 2.28. The van der Waals surface area contributed by atoms with Gasteiger partial charge in [-0.1, -0.05) is 12.1 Å². The Kier molecular flexibility index (Phi) is 5.06. The molecule has 1 heterocycles. The van der Waals surface area contributed by atoms with Gasteiger partial charge in [0.25, 0.3) is 0 Å². The molecular weight excluding hydrogens is 305 g/mol. The highest BCUT2D eigenvalue weighted by molar-refractivity contribution is 8.00. The van der Waals surface area contributed by atoms with Crippen molar-refractivity contribution in [3.8, 4) is 0 Å². The van der Waals surface area contributed by atoms with Gasteiger partial charge in [0.1, 0.15) is 0 Å². The molecule has 0 atom stereocenters. The van der Waals surface area contributed by atoms with Crippen molar-refractivity contribution in [3.05, 3.63) is 45.9 Å². The molecule has 2 rings (SSSR count). The molecule has 0 bridgehead atoms. The third-order valence-electron chi connectivity index (χ3n) is 2.62. The number of halogens is 3. The van der Waals surface area contributed by atoms with Crippen LogP contribution >= 0.6 is 23.1 Å². The maximum atomic E-state index is 12.2. The SMILES string of the molecule is Cc1ncsc1CNCc1ccc(SC(F)(F)F)cc1. The van der Waals surface area contributed by atoms with Crippen LogP contribution in [0.4, 0.5) is 13.2 Å². The summed E-state index contributed by atoms with van der Waals surface area (Å²) >= 11 is 1.50. The minimum atomic E-state index is -4.23. The number of nitrogens with one attached hydrogen (secondary N) is 1. The Bertz CT molecular complexity index is 549. The summed E-state index contributed by atoms with van der Waals surface area (Å²) in [5.74, 6) is 0. The van der Waals surface area contributed by atoms with Gasteiger partial charge < -0.3 is 5.32 Å². The monoisotopic (exact) mass is 318 g/mol.